The fourth-order valence-corrected chi connectivity index (χ4v) is 2.69. The van der Waals surface area contributed by atoms with Crippen molar-refractivity contribution >= 4 is 11.8 Å². The summed E-state index contributed by atoms with van der Waals surface area (Å²) >= 11 is 0. The molecule has 0 bridgehead atoms. The molecular weight excluding hydrogens is 896 g/mol. The molecule has 1 heterocycles. The van der Waals surface area contributed by atoms with E-state index in [4.69, 9.17) is 0 Å². The molecular formula is C29H46NY6-3. The van der Waals surface area contributed by atoms with E-state index >= 15 is 0 Å². The molecule has 1 nitrogen and oxygen atoms in total. The van der Waals surface area contributed by atoms with Crippen LogP contribution in [0.2, 0.25) is 0 Å². The van der Waals surface area contributed by atoms with Gasteiger partial charge in [0, 0.05) is 213 Å². The first-order chi connectivity index (χ1) is 13.3. The number of hydrogen-bond acceptors (Lipinski definition) is 1. The Morgan fingerprint density at radius 3 is 1.33 bits per heavy atom. The Balaban J connectivity index is -0.0000000527. The molecule has 0 aromatic heterocycles. The van der Waals surface area contributed by atoms with E-state index in [1.54, 1.807) is 0 Å². The first-order valence-electron chi connectivity index (χ1n) is 10.2. The molecule has 1 aliphatic rings. The van der Waals surface area contributed by atoms with Gasteiger partial charge in [-0.05, 0) is 42.2 Å². The predicted molar refractivity (Wildman–Crippen MR) is 144 cm³/mol. The number of hydrogen-bond donors (Lipinski definition) is 0. The van der Waals surface area contributed by atoms with Crippen molar-refractivity contribution in [2.75, 3.05) is 4.90 Å². The molecule has 1 saturated heterocycles. The van der Waals surface area contributed by atoms with Crippen LogP contribution in [0, 0.1) is 22.3 Å². The van der Waals surface area contributed by atoms with Crippen LogP contribution in [0.5, 0.6) is 0 Å². The van der Waals surface area contributed by atoms with E-state index in [9.17, 15) is 0 Å². The molecule has 0 saturated carbocycles. The molecule has 2 aromatic carbocycles. The molecule has 1 aliphatic heterocycles. The van der Waals surface area contributed by atoms with Crippen molar-refractivity contribution < 1.29 is 196 Å². The van der Waals surface area contributed by atoms with Gasteiger partial charge in [-0.2, -0.15) is 0 Å². The van der Waals surface area contributed by atoms with E-state index in [0.29, 0.717) is 0 Å². The number of anilines is 1. The van der Waals surface area contributed by atoms with E-state index in [1.165, 1.54) is 11.1 Å². The number of para-hydroxylation sites is 1. The fraction of sp³-hybridized carbons (Fsp3) is 0.276. The number of piperidine rings is 1. The maximum absolute atomic E-state index is 4.30. The zero-order valence-corrected chi connectivity index (χ0v) is 41.6. The van der Waals surface area contributed by atoms with Crippen LogP contribution in [0.4, 0.5) is 5.69 Å². The van der Waals surface area contributed by atoms with Crippen LogP contribution in [0.1, 0.15) is 59.9 Å². The van der Waals surface area contributed by atoms with Crippen molar-refractivity contribution in [1.82, 2.24) is 0 Å². The molecule has 7 heteroatoms. The second kappa shape index (κ2) is 46.1. The molecule has 0 amide bonds. The second-order valence-electron chi connectivity index (χ2n) is 5.26. The summed E-state index contributed by atoms with van der Waals surface area (Å²) in [5.41, 5.74) is 5.76. The number of nitrogens with zero attached hydrogens (tertiary/aromatic N) is 1. The third-order valence-corrected chi connectivity index (χ3v) is 3.79. The molecule has 0 spiro atoms. The van der Waals surface area contributed by atoms with Crippen molar-refractivity contribution in [3.63, 3.8) is 0 Å². The minimum Gasteiger partial charge on any atom is -0.358 e. The largest absolute Gasteiger partial charge is 0.358 e. The van der Waals surface area contributed by atoms with E-state index < -0.39 is 0 Å². The summed E-state index contributed by atoms with van der Waals surface area (Å²) in [4.78, 5) is 2.16. The zero-order valence-electron chi connectivity index (χ0n) is 24.6. The van der Waals surface area contributed by atoms with Gasteiger partial charge < -0.3 is 27.2 Å². The Morgan fingerprint density at radius 1 is 0.583 bits per heavy atom. The van der Waals surface area contributed by atoms with Crippen molar-refractivity contribution in [3.05, 3.63) is 119 Å². The van der Waals surface area contributed by atoms with E-state index in [0.717, 1.165) is 29.9 Å². The van der Waals surface area contributed by atoms with Gasteiger partial charge in [-0.25, -0.2) is 0 Å². The maximum Gasteiger partial charge on any atom is 0.0457 e. The molecule has 0 N–H and O–H groups in total. The smallest absolute Gasteiger partial charge is 0.0457 e. The van der Waals surface area contributed by atoms with Gasteiger partial charge in [0.25, 0.3) is 0 Å². The number of benzene rings is 2. The average molecular weight is 942 g/mol. The Kier molecular flexibility index (Phi) is 86.5. The molecule has 1 fully saturated rings. The predicted octanol–water partition coefficient (Wildman–Crippen LogP) is 9.81. The SMILES string of the molecule is C=C1CCC(=Cc2ccccc2)C(=C)N1c1ccccc1.CC.CC.CC.[CH3-].[CH3-].[CH3-].[Y].[Y].[Y].[Y].[Y].[Y]. The zero-order chi connectivity index (χ0) is 20.7. The Morgan fingerprint density at radius 2 is 0.944 bits per heavy atom. The Bertz CT molecular complexity index is 704. The van der Waals surface area contributed by atoms with Crippen LogP contribution >= 0.6 is 0 Å². The van der Waals surface area contributed by atoms with Crippen molar-refractivity contribution in [3.8, 4) is 0 Å². The maximum atomic E-state index is 4.30. The van der Waals surface area contributed by atoms with Gasteiger partial charge in [-0.1, -0.05) is 103 Å². The quantitative estimate of drug-likeness (QED) is 0.272. The molecule has 36 heavy (non-hydrogen) atoms. The summed E-state index contributed by atoms with van der Waals surface area (Å²) in [7, 11) is 0. The third kappa shape index (κ3) is 25.8. The summed E-state index contributed by atoms with van der Waals surface area (Å²) in [6, 6.07) is 20.7. The van der Waals surface area contributed by atoms with Crippen LogP contribution in [-0.2, 0) is 196 Å². The average Bonchev–Trinajstić information content (AvgIpc) is 2.76. The van der Waals surface area contributed by atoms with Gasteiger partial charge in [-0.3, -0.25) is 0 Å². The standard InChI is InChI=1S/C20H19N.3C2H6.3CH3.6Y/c1-16-13-14-19(15-18-9-5-3-6-10-18)17(2)21(16)20-11-7-4-8-12-20;3*1-2;;;;;;;;;/h3-12,15H,1-2,13-14H2;3*1-2H3;3*1H3;;;;;;/q;;;;3*-1;;;;;;. The first-order valence-corrected chi connectivity index (χ1v) is 10.2. The summed E-state index contributed by atoms with van der Waals surface area (Å²) in [5.74, 6) is 0. The molecule has 0 unspecified atom stereocenters. The van der Waals surface area contributed by atoms with Crippen LogP contribution in [0.3, 0.4) is 0 Å². The van der Waals surface area contributed by atoms with Gasteiger partial charge in [0.2, 0.25) is 0 Å². The van der Waals surface area contributed by atoms with Gasteiger partial charge in [-0.15, -0.1) is 0 Å². The molecule has 188 valence electrons. The van der Waals surface area contributed by atoms with E-state index in [1.807, 2.05) is 65.8 Å². The first kappa shape index (κ1) is 67.7. The van der Waals surface area contributed by atoms with Crippen molar-refractivity contribution in [1.29, 1.82) is 0 Å². The minimum atomic E-state index is 0. The monoisotopic (exact) mass is 942 g/mol. The summed E-state index contributed by atoms with van der Waals surface area (Å²) in [6.07, 6.45) is 4.19. The molecule has 6 radical (unpaired) electrons. The van der Waals surface area contributed by atoms with E-state index in [2.05, 4.69) is 60.5 Å². The minimum absolute atomic E-state index is 0. The van der Waals surface area contributed by atoms with Crippen LogP contribution in [0.25, 0.3) is 6.08 Å². The van der Waals surface area contributed by atoms with Crippen LogP contribution in [-0.4, -0.2) is 0 Å². The summed E-state index contributed by atoms with van der Waals surface area (Å²) in [6.45, 7) is 20.5. The van der Waals surface area contributed by atoms with Gasteiger partial charge in [0.15, 0.2) is 0 Å². The van der Waals surface area contributed by atoms with Crippen LogP contribution < -0.4 is 4.90 Å². The third-order valence-electron chi connectivity index (χ3n) is 3.79. The topological polar surface area (TPSA) is 3.24 Å². The molecule has 0 atom stereocenters. The van der Waals surface area contributed by atoms with E-state index in [-0.39, 0.29) is 219 Å². The van der Waals surface area contributed by atoms with Gasteiger partial charge in [0.05, 0.1) is 0 Å². The molecule has 3 rings (SSSR count). The molecule has 0 aliphatic carbocycles. The fourth-order valence-electron chi connectivity index (χ4n) is 2.69. The van der Waals surface area contributed by atoms with Crippen LogP contribution in [0.15, 0.2) is 90.8 Å². The summed E-state index contributed by atoms with van der Waals surface area (Å²) < 4.78 is 0. The number of allylic oxidation sites excluding steroid dienone is 2. The second-order valence-corrected chi connectivity index (χ2v) is 5.26. The Hall–Kier alpha value is 4.08. The molecule has 2 aromatic rings. The van der Waals surface area contributed by atoms with Gasteiger partial charge >= 0.3 is 0 Å². The van der Waals surface area contributed by atoms with Gasteiger partial charge in [0.1, 0.15) is 0 Å². The van der Waals surface area contributed by atoms with Crippen molar-refractivity contribution in [2.45, 2.75) is 54.4 Å². The number of rotatable bonds is 2. The van der Waals surface area contributed by atoms with Crippen molar-refractivity contribution in [2.24, 2.45) is 0 Å². The normalized spacial score (nSPS) is 10.6. The summed E-state index contributed by atoms with van der Waals surface area (Å²) in [5, 5.41) is 0. The Labute approximate surface area is 378 Å².